The quantitative estimate of drug-likeness (QED) is 0.671. The summed E-state index contributed by atoms with van der Waals surface area (Å²) in [6.45, 7) is 0.492. The van der Waals surface area contributed by atoms with Crippen molar-refractivity contribution < 1.29 is 14.0 Å². The molecule has 2 N–H and O–H groups in total. The maximum atomic E-state index is 13.1. The molecular formula is C22H19FN2O2S. The minimum Gasteiger partial charge on any atom is -0.366 e. The highest BCUT2D eigenvalue weighted by Crippen LogP contribution is 2.33. The number of halogens is 1. The van der Waals surface area contributed by atoms with Gasteiger partial charge in [0.15, 0.2) is 0 Å². The first-order valence-electron chi connectivity index (χ1n) is 9.07. The van der Waals surface area contributed by atoms with Crippen LogP contribution in [-0.2, 0) is 6.54 Å². The van der Waals surface area contributed by atoms with E-state index < -0.39 is 5.91 Å². The highest BCUT2D eigenvalue weighted by molar-refractivity contribution is 7.17. The Hall–Kier alpha value is -2.99. The summed E-state index contributed by atoms with van der Waals surface area (Å²) in [6.07, 6.45) is 2.00. The van der Waals surface area contributed by atoms with Crippen molar-refractivity contribution in [1.82, 2.24) is 4.90 Å². The van der Waals surface area contributed by atoms with Crippen LogP contribution in [0.5, 0.6) is 0 Å². The summed E-state index contributed by atoms with van der Waals surface area (Å²) >= 11 is 1.42. The van der Waals surface area contributed by atoms with E-state index in [1.807, 2.05) is 29.2 Å². The fraction of sp³-hybridized carbons (Fsp3) is 0.182. The molecule has 4 rings (SSSR count). The van der Waals surface area contributed by atoms with Gasteiger partial charge < -0.3 is 10.6 Å². The number of carbonyl (C=O) groups is 2. The van der Waals surface area contributed by atoms with E-state index in [2.05, 4.69) is 0 Å². The fourth-order valence-electron chi connectivity index (χ4n) is 3.09. The van der Waals surface area contributed by atoms with Crippen LogP contribution in [0.4, 0.5) is 4.39 Å². The standard InChI is InChI=1S/C22H19FN2O2S/c23-17-7-5-15(6-8-17)19-11-12-20(28-19)22(27)25(18-9-10-18)13-14-1-3-16(4-2-14)21(24)26/h1-8,11-12,18H,9-10,13H2,(H2,24,26). The van der Waals surface area contributed by atoms with Gasteiger partial charge in [0.25, 0.3) is 5.91 Å². The third-order valence-corrected chi connectivity index (χ3v) is 5.91. The van der Waals surface area contributed by atoms with Crippen LogP contribution >= 0.6 is 11.3 Å². The summed E-state index contributed by atoms with van der Waals surface area (Å²) in [5.41, 5.74) is 7.59. The van der Waals surface area contributed by atoms with Crippen molar-refractivity contribution in [3.05, 3.63) is 82.5 Å². The Labute approximate surface area is 166 Å². The van der Waals surface area contributed by atoms with Crippen molar-refractivity contribution in [2.24, 2.45) is 5.73 Å². The topological polar surface area (TPSA) is 63.4 Å². The third-order valence-electron chi connectivity index (χ3n) is 4.79. The van der Waals surface area contributed by atoms with E-state index >= 15 is 0 Å². The van der Waals surface area contributed by atoms with Crippen molar-refractivity contribution in [2.45, 2.75) is 25.4 Å². The Morgan fingerprint density at radius 3 is 2.29 bits per heavy atom. The number of carbonyl (C=O) groups excluding carboxylic acids is 2. The molecule has 2 amide bonds. The summed E-state index contributed by atoms with van der Waals surface area (Å²) in [5.74, 6) is -0.743. The Kier molecular flexibility index (Phi) is 4.96. The average molecular weight is 394 g/mol. The predicted octanol–water partition coefficient (Wildman–Crippen LogP) is 4.46. The Morgan fingerprint density at radius 2 is 1.68 bits per heavy atom. The van der Waals surface area contributed by atoms with E-state index in [-0.39, 0.29) is 17.8 Å². The predicted molar refractivity (Wildman–Crippen MR) is 108 cm³/mol. The highest BCUT2D eigenvalue weighted by atomic mass is 32.1. The highest BCUT2D eigenvalue weighted by Gasteiger charge is 2.33. The van der Waals surface area contributed by atoms with Crippen molar-refractivity contribution in [3.8, 4) is 10.4 Å². The molecule has 1 aromatic heterocycles. The molecule has 1 heterocycles. The zero-order valence-electron chi connectivity index (χ0n) is 15.1. The van der Waals surface area contributed by atoms with Crippen LogP contribution in [0.15, 0.2) is 60.7 Å². The zero-order chi connectivity index (χ0) is 19.7. The van der Waals surface area contributed by atoms with Gasteiger partial charge >= 0.3 is 0 Å². The lowest BCUT2D eigenvalue weighted by Crippen LogP contribution is -2.32. The van der Waals surface area contributed by atoms with Crippen LogP contribution in [0.2, 0.25) is 0 Å². The van der Waals surface area contributed by atoms with Crippen LogP contribution in [0.25, 0.3) is 10.4 Å². The van der Waals surface area contributed by atoms with Gasteiger partial charge in [-0.25, -0.2) is 4.39 Å². The average Bonchev–Trinajstić information content (AvgIpc) is 3.42. The van der Waals surface area contributed by atoms with Crippen LogP contribution in [0.1, 0.15) is 38.4 Å². The van der Waals surface area contributed by atoms with E-state index in [1.54, 1.807) is 24.3 Å². The molecular weight excluding hydrogens is 375 g/mol. The van der Waals surface area contributed by atoms with Crippen molar-refractivity contribution in [2.75, 3.05) is 0 Å². The number of benzene rings is 2. The van der Waals surface area contributed by atoms with Crippen molar-refractivity contribution in [1.29, 1.82) is 0 Å². The lowest BCUT2D eigenvalue weighted by molar-refractivity contribution is 0.0734. The van der Waals surface area contributed by atoms with E-state index in [1.165, 1.54) is 23.5 Å². The number of hydrogen-bond donors (Lipinski definition) is 1. The van der Waals surface area contributed by atoms with E-state index in [0.29, 0.717) is 17.0 Å². The van der Waals surface area contributed by atoms with Gasteiger partial charge in [0.05, 0.1) is 4.88 Å². The number of primary amides is 1. The van der Waals surface area contributed by atoms with Gasteiger partial charge in [-0.2, -0.15) is 0 Å². The maximum Gasteiger partial charge on any atom is 0.264 e. The summed E-state index contributed by atoms with van der Waals surface area (Å²) in [5, 5.41) is 0. The number of amides is 2. The molecule has 4 nitrogen and oxygen atoms in total. The summed E-state index contributed by atoms with van der Waals surface area (Å²) in [4.78, 5) is 27.8. The first kappa shape index (κ1) is 18.4. The first-order valence-corrected chi connectivity index (χ1v) is 9.88. The van der Waals surface area contributed by atoms with Gasteiger partial charge in [-0.1, -0.05) is 24.3 Å². The summed E-state index contributed by atoms with van der Waals surface area (Å²) in [6, 6.07) is 17.3. The molecule has 142 valence electrons. The molecule has 0 unspecified atom stereocenters. The molecule has 1 aliphatic rings. The number of nitrogens with two attached hydrogens (primary N) is 1. The van der Waals surface area contributed by atoms with Gasteiger partial charge in [0.2, 0.25) is 5.91 Å². The van der Waals surface area contributed by atoms with Gasteiger partial charge in [0.1, 0.15) is 5.82 Å². The number of thiophene rings is 1. The normalized spacial score (nSPS) is 13.3. The molecule has 1 saturated carbocycles. The molecule has 0 saturated heterocycles. The second-order valence-corrected chi connectivity index (χ2v) is 7.98. The second kappa shape index (κ2) is 7.56. The van der Waals surface area contributed by atoms with Crippen LogP contribution < -0.4 is 5.73 Å². The first-order chi connectivity index (χ1) is 13.5. The fourth-order valence-corrected chi connectivity index (χ4v) is 4.06. The molecule has 1 fully saturated rings. The molecule has 0 aliphatic heterocycles. The van der Waals surface area contributed by atoms with Gasteiger partial charge in [-0.05, 0) is 60.4 Å². The molecule has 0 bridgehead atoms. The number of hydrogen-bond acceptors (Lipinski definition) is 3. The van der Waals surface area contributed by atoms with E-state index in [4.69, 9.17) is 5.73 Å². The molecule has 6 heteroatoms. The number of rotatable bonds is 6. The Morgan fingerprint density at radius 1 is 1.00 bits per heavy atom. The van der Waals surface area contributed by atoms with Crippen LogP contribution in [-0.4, -0.2) is 22.8 Å². The van der Waals surface area contributed by atoms with Crippen molar-refractivity contribution >= 4 is 23.2 Å². The monoisotopic (exact) mass is 394 g/mol. The molecule has 2 aromatic carbocycles. The lowest BCUT2D eigenvalue weighted by Gasteiger charge is -2.22. The Bertz CT molecular complexity index is 1010. The largest absolute Gasteiger partial charge is 0.366 e. The van der Waals surface area contributed by atoms with Crippen LogP contribution in [0, 0.1) is 5.82 Å². The van der Waals surface area contributed by atoms with Crippen molar-refractivity contribution in [3.63, 3.8) is 0 Å². The molecule has 0 radical (unpaired) electrons. The smallest absolute Gasteiger partial charge is 0.264 e. The lowest BCUT2D eigenvalue weighted by atomic mass is 10.1. The minimum atomic E-state index is -0.464. The summed E-state index contributed by atoms with van der Waals surface area (Å²) in [7, 11) is 0. The Balaban J connectivity index is 1.53. The van der Waals surface area contributed by atoms with E-state index in [0.717, 1.165) is 28.8 Å². The number of nitrogens with zero attached hydrogens (tertiary/aromatic N) is 1. The SMILES string of the molecule is NC(=O)c1ccc(CN(C(=O)c2ccc(-c3ccc(F)cc3)s2)C2CC2)cc1. The zero-order valence-corrected chi connectivity index (χ0v) is 15.9. The minimum absolute atomic E-state index is 0.000149. The van der Waals surface area contributed by atoms with Crippen LogP contribution in [0.3, 0.4) is 0 Å². The van der Waals surface area contributed by atoms with Gasteiger partial charge in [-0.15, -0.1) is 11.3 Å². The molecule has 0 atom stereocenters. The molecule has 0 spiro atoms. The molecule has 28 heavy (non-hydrogen) atoms. The van der Waals surface area contributed by atoms with Gasteiger partial charge in [0, 0.05) is 23.0 Å². The third kappa shape index (κ3) is 3.97. The molecule has 1 aliphatic carbocycles. The van der Waals surface area contributed by atoms with Gasteiger partial charge in [-0.3, -0.25) is 9.59 Å². The maximum absolute atomic E-state index is 13.1. The summed E-state index contributed by atoms with van der Waals surface area (Å²) < 4.78 is 13.1. The molecule has 3 aromatic rings. The van der Waals surface area contributed by atoms with E-state index in [9.17, 15) is 14.0 Å². The second-order valence-electron chi connectivity index (χ2n) is 6.90.